The monoisotopic (exact) mass is 402 g/mol. The molecule has 1 aromatic heterocycles. The van der Waals surface area contributed by atoms with Gasteiger partial charge < -0.3 is 9.47 Å². The van der Waals surface area contributed by atoms with Crippen molar-refractivity contribution in [3.8, 4) is 0 Å². The molecule has 3 rings (SSSR count). The number of alkyl halides is 3. The molecule has 1 amide bonds. The van der Waals surface area contributed by atoms with Crippen molar-refractivity contribution < 1.29 is 18.0 Å². The second kappa shape index (κ2) is 6.43. The van der Waals surface area contributed by atoms with Gasteiger partial charge in [0.25, 0.3) is 5.91 Å². The Morgan fingerprint density at radius 3 is 2.54 bits per heavy atom. The van der Waals surface area contributed by atoms with Crippen molar-refractivity contribution in [2.24, 2.45) is 5.92 Å². The van der Waals surface area contributed by atoms with Gasteiger partial charge in [-0.05, 0) is 47.8 Å². The Morgan fingerprint density at radius 2 is 1.96 bits per heavy atom. The number of rotatable bonds is 2. The first-order chi connectivity index (χ1) is 11.3. The van der Waals surface area contributed by atoms with Crippen LogP contribution >= 0.6 is 15.9 Å². The van der Waals surface area contributed by atoms with Crippen molar-refractivity contribution in [2.45, 2.75) is 32.5 Å². The van der Waals surface area contributed by atoms with E-state index in [1.807, 2.05) is 35.8 Å². The molecule has 1 aromatic carbocycles. The molecular formula is C17H18BrF3N2O. The predicted molar refractivity (Wildman–Crippen MR) is 90.0 cm³/mol. The summed E-state index contributed by atoms with van der Waals surface area (Å²) in [5, 5.41) is 0.944. The number of aromatic nitrogens is 1. The Morgan fingerprint density at radius 1 is 1.29 bits per heavy atom. The van der Waals surface area contributed by atoms with Crippen molar-refractivity contribution in [3.63, 3.8) is 0 Å². The average molecular weight is 403 g/mol. The molecule has 24 heavy (non-hydrogen) atoms. The number of para-hydroxylation sites is 1. The molecule has 0 bridgehead atoms. The third kappa shape index (κ3) is 3.06. The molecule has 0 radical (unpaired) electrons. The highest BCUT2D eigenvalue weighted by Gasteiger charge is 2.42. The second-order valence-electron chi connectivity index (χ2n) is 6.06. The van der Waals surface area contributed by atoms with E-state index < -0.39 is 12.1 Å². The van der Waals surface area contributed by atoms with Crippen LogP contribution in [0.15, 0.2) is 28.7 Å². The summed E-state index contributed by atoms with van der Waals surface area (Å²) in [6, 6.07) is 7.56. The quantitative estimate of drug-likeness (QED) is 0.705. The summed E-state index contributed by atoms with van der Waals surface area (Å²) in [5.74, 6) is -1.49. The maximum Gasteiger partial charge on any atom is 0.391 e. The average Bonchev–Trinajstić information content (AvgIpc) is 2.93. The normalized spacial score (nSPS) is 16.8. The number of likely N-dealkylation sites (tertiary alicyclic amines) is 1. The summed E-state index contributed by atoms with van der Waals surface area (Å²) in [7, 11) is 0. The largest absolute Gasteiger partial charge is 0.391 e. The molecule has 1 aliphatic rings. The van der Waals surface area contributed by atoms with Crippen LogP contribution in [-0.2, 0) is 6.54 Å². The van der Waals surface area contributed by atoms with E-state index in [9.17, 15) is 18.0 Å². The van der Waals surface area contributed by atoms with E-state index in [0.29, 0.717) is 12.2 Å². The number of fused-ring (bicyclic) bond motifs is 1. The highest BCUT2D eigenvalue weighted by Crippen LogP contribution is 2.35. The second-order valence-corrected chi connectivity index (χ2v) is 6.91. The van der Waals surface area contributed by atoms with Crippen LogP contribution in [-0.4, -0.2) is 34.6 Å². The number of amides is 1. The van der Waals surface area contributed by atoms with Gasteiger partial charge in [0.2, 0.25) is 0 Å². The van der Waals surface area contributed by atoms with Crippen LogP contribution in [0.2, 0.25) is 0 Å². The van der Waals surface area contributed by atoms with Crippen LogP contribution in [0.1, 0.15) is 30.3 Å². The van der Waals surface area contributed by atoms with E-state index in [2.05, 4.69) is 15.9 Å². The van der Waals surface area contributed by atoms with Crippen molar-refractivity contribution in [3.05, 3.63) is 34.4 Å². The number of benzene rings is 1. The molecular weight excluding hydrogens is 385 g/mol. The molecule has 0 atom stereocenters. The summed E-state index contributed by atoms with van der Waals surface area (Å²) in [5.41, 5.74) is 1.47. The third-order valence-corrected chi connectivity index (χ3v) is 5.29. The highest BCUT2D eigenvalue weighted by molar-refractivity contribution is 9.10. The summed E-state index contributed by atoms with van der Waals surface area (Å²) < 4.78 is 41.2. The number of halogens is 4. The number of hydrogen-bond acceptors (Lipinski definition) is 1. The number of aryl methyl sites for hydroxylation is 1. The third-order valence-electron chi connectivity index (χ3n) is 4.65. The highest BCUT2D eigenvalue weighted by atomic mass is 79.9. The fourth-order valence-corrected chi connectivity index (χ4v) is 3.95. The first-order valence-electron chi connectivity index (χ1n) is 7.96. The lowest BCUT2D eigenvalue weighted by molar-refractivity contribution is -0.183. The van der Waals surface area contributed by atoms with Crippen molar-refractivity contribution in [1.82, 2.24) is 9.47 Å². The van der Waals surface area contributed by atoms with Gasteiger partial charge >= 0.3 is 6.18 Å². The first kappa shape index (κ1) is 17.3. The van der Waals surface area contributed by atoms with Crippen LogP contribution in [0.5, 0.6) is 0 Å². The number of carbonyl (C=O) groups excluding carboxylic acids is 1. The maximum absolute atomic E-state index is 12.8. The Kier molecular flexibility index (Phi) is 4.64. The number of hydrogen-bond donors (Lipinski definition) is 0. The van der Waals surface area contributed by atoms with E-state index in [4.69, 9.17) is 0 Å². The van der Waals surface area contributed by atoms with Gasteiger partial charge in [0.15, 0.2) is 0 Å². The van der Waals surface area contributed by atoms with Gasteiger partial charge in [0.1, 0.15) is 5.69 Å². The van der Waals surface area contributed by atoms with Gasteiger partial charge in [0, 0.05) is 29.5 Å². The SMILES string of the molecule is CCn1c(C(=O)N2CCC(C(F)(F)F)CC2)cc2cccc(Br)c21. The number of carbonyl (C=O) groups is 1. The fourth-order valence-electron chi connectivity index (χ4n) is 3.36. The van der Waals surface area contributed by atoms with Gasteiger partial charge in [-0.1, -0.05) is 12.1 Å². The van der Waals surface area contributed by atoms with E-state index in [0.717, 1.165) is 15.4 Å². The zero-order valence-electron chi connectivity index (χ0n) is 13.2. The van der Waals surface area contributed by atoms with Crippen molar-refractivity contribution in [2.75, 3.05) is 13.1 Å². The summed E-state index contributed by atoms with van der Waals surface area (Å²) in [4.78, 5) is 14.4. The molecule has 0 N–H and O–H groups in total. The number of piperidine rings is 1. The molecule has 0 spiro atoms. The Balaban J connectivity index is 1.86. The van der Waals surface area contributed by atoms with Gasteiger partial charge in [-0.15, -0.1) is 0 Å². The van der Waals surface area contributed by atoms with Crippen molar-refractivity contribution in [1.29, 1.82) is 0 Å². The molecule has 130 valence electrons. The molecule has 0 unspecified atom stereocenters. The Labute approximate surface area is 146 Å². The molecule has 0 aliphatic carbocycles. The minimum atomic E-state index is -4.17. The molecule has 7 heteroatoms. The lowest BCUT2D eigenvalue weighted by Gasteiger charge is -2.33. The van der Waals surface area contributed by atoms with Crippen molar-refractivity contribution >= 4 is 32.7 Å². The minimum absolute atomic E-state index is 0.0225. The molecule has 1 saturated heterocycles. The van der Waals surface area contributed by atoms with E-state index in [1.54, 1.807) is 0 Å². The molecule has 0 saturated carbocycles. The first-order valence-corrected chi connectivity index (χ1v) is 8.76. The van der Waals surface area contributed by atoms with Crippen LogP contribution in [0.4, 0.5) is 13.2 Å². The standard InChI is InChI=1S/C17H18BrF3N2O/c1-2-23-14(10-11-4-3-5-13(18)15(11)23)16(24)22-8-6-12(7-9-22)17(19,20)21/h3-5,10,12H,2,6-9H2,1H3. The van der Waals surface area contributed by atoms with Gasteiger partial charge in [0.05, 0.1) is 11.4 Å². The van der Waals surface area contributed by atoms with Crippen LogP contribution in [0.3, 0.4) is 0 Å². The smallest absolute Gasteiger partial charge is 0.337 e. The molecule has 1 fully saturated rings. The molecule has 1 aliphatic heterocycles. The van der Waals surface area contributed by atoms with Crippen LogP contribution < -0.4 is 0 Å². The van der Waals surface area contributed by atoms with Gasteiger partial charge in [-0.25, -0.2) is 0 Å². The van der Waals surface area contributed by atoms with Gasteiger partial charge in [-0.2, -0.15) is 13.2 Å². The van der Waals surface area contributed by atoms with Crippen LogP contribution in [0.25, 0.3) is 10.9 Å². The lowest BCUT2D eigenvalue weighted by atomic mass is 9.96. The summed E-state index contributed by atoms with van der Waals surface area (Å²) in [6.07, 6.45) is -4.21. The predicted octanol–water partition coefficient (Wildman–Crippen LogP) is 4.84. The maximum atomic E-state index is 12.8. The van der Waals surface area contributed by atoms with E-state index >= 15 is 0 Å². The summed E-state index contributed by atoms with van der Waals surface area (Å²) >= 11 is 3.51. The van der Waals surface area contributed by atoms with E-state index in [-0.39, 0.29) is 31.8 Å². The fraction of sp³-hybridized carbons (Fsp3) is 0.471. The minimum Gasteiger partial charge on any atom is -0.337 e. The molecule has 2 aromatic rings. The zero-order valence-corrected chi connectivity index (χ0v) is 14.8. The molecule has 2 heterocycles. The van der Waals surface area contributed by atoms with Gasteiger partial charge in [-0.3, -0.25) is 4.79 Å². The molecule has 3 nitrogen and oxygen atoms in total. The van der Waals surface area contributed by atoms with Crippen LogP contribution in [0, 0.1) is 5.92 Å². The lowest BCUT2D eigenvalue weighted by Crippen LogP contribution is -2.42. The zero-order chi connectivity index (χ0) is 17.5. The topological polar surface area (TPSA) is 25.2 Å². The Hall–Kier alpha value is -1.50. The van der Waals surface area contributed by atoms with E-state index in [1.165, 1.54) is 4.90 Å². The summed E-state index contributed by atoms with van der Waals surface area (Å²) in [6.45, 7) is 2.86. The number of nitrogens with zero attached hydrogens (tertiary/aromatic N) is 2. The Bertz CT molecular complexity index is 761.